The number of halogens is 1. The summed E-state index contributed by atoms with van der Waals surface area (Å²) in [4.78, 5) is 0.0460. The molecule has 2 rings (SSSR count). The number of ether oxygens (including phenoxy) is 1. The molecule has 0 fully saturated rings. The number of nitriles is 1. The lowest BCUT2D eigenvalue weighted by molar-refractivity contribution is 0.0702. The van der Waals surface area contributed by atoms with Gasteiger partial charge in [0.25, 0.3) is 0 Å². The minimum atomic E-state index is -3.83. The average Bonchev–Trinajstić information content (AvgIpc) is 2.57. The Hall–Kier alpha value is -2.07. The summed E-state index contributed by atoms with van der Waals surface area (Å²) in [5.74, 6) is 0.564. The van der Waals surface area contributed by atoms with Crippen LogP contribution in [0.25, 0.3) is 0 Å². The highest BCUT2D eigenvalue weighted by Gasteiger charge is 2.36. The van der Waals surface area contributed by atoms with Crippen LogP contribution in [0.3, 0.4) is 0 Å². The van der Waals surface area contributed by atoms with E-state index in [1.54, 1.807) is 25.1 Å². The molecule has 0 saturated carbocycles. The van der Waals surface area contributed by atoms with Crippen LogP contribution in [0.4, 0.5) is 0 Å². The van der Waals surface area contributed by atoms with Crippen molar-refractivity contribution in [3.05, 3.63) is 64.1 Å². The maximum atomic E-state index is 12.8. The fraction of sp³-hybridized carbons (Fsp3) is 0.316. The third-order valence-electron chi connectivity index (χ3n) is 3.96. The van der Waals surface area contributed by atoms with Crippen molar-refractivity contribution >= 4 is 21.6 Å². The van der Waals surface area contributed by atoms with Crippen LogP contribution >= 0.6 is 11.6 Å². The molecule has 1 aliphatic heterocycles. The van der Waals surface area contributed by atoms with E-state index >= 15 is 0 Å². The van der Waals surface area contributed by atoms with E-state index in [2.05, 4.69) is 17.4 Å². The molecule has 1 aliphatic rings. The first kappa shape index (κ1) is 20.2. The van der Waals surface area contributed by atoms with Crippen LogP contribution in [0.15, 0.2) is 52.9 Å². The lowest BCUT2D eigenvalue weighted by atomic mass is 9.89. The largest absolute Gasteiger partial charge is 0.487 e. The van der Waals surface area contributed by atoms with E-state index in [-0.39, 0.29) is 9.94 Å². The first-order valence-corrected chi connectivity index (χ1v) is 9.89. The van der Waals surface area contributed by atoms with Gasteiger partial charge in [0.15, 0.2) is 0 Å². The zero-order chi connectivity index (χ0) is 19.5. The highest BCUT2D eigenvalue weighted by Crippen LogP contribution is 2.40. The van der Waals surface area contributed by atoms with Gasteiger partial charge in [0.05, 0.1) is 22.6 Å². The smallest absolute Gasteiger partial charge is 0.240 e. The number of fused-ring (bicyclic) bond motifs is 1. The van der Waals surface area contributed by atoms with Crippen molar-refractivity contribution in [1.29, 1.82) is 5.26 Å². The second kappa shape index (κ2) is 7.67. The highest BCUT2D eigenvalue weighted by atomic mass is 35.5. The number of nitrogens with zero attached hydrogens (tertiary/aromatic N) is 1. The summed E-state index contributed by atoms with van der Waals surface area (Å²) in [5.41, 5.74) is 0.525. The molecule has 0 amide bonds. The maximum absolute atomic E-state index is 12.8. The van der Waals surface area contributed by atoms with Gasteiger partial charge in [0.1, 0.15) is 11.4 Å². The summed E-state index contributed by atoms with van der Waals surface area (Å²) < 4.78 is 34.3. The molecule has 1 aromatic rings. The molecule has 1 N–H and O–H groups in total. The van der Waals surface area contributed by atoms with Crippen LogP contribution in [0.2, 0.25) is 0 Å². The van der Waals surface area contributed by atoms with Crippen molar-refractivity contribution in [2.45, 2.75) is 38.8 Å². The SMILES string of the molecule is C=C/C(Cl)=C\C(=C/C)S(=O)(=O)N[C@H]1CC(C)(C)Oc2ccc(C#N)cc21. The monoisotopic (exact) mass is 392 g/mol. The van der Waals surface area contributed by atoms with E-state index in [1.807, 2.05) is 13.8 Å². The van der Waals surface area contributed by atoms with Crippen molar-refractivity contribution in [1.82, 2.24) is 4.72 Å². The molecule has 0 radical (unpaired) electrons. The van der Waals surface area contributed by atoms with Gasteiger partial charge in [-0.15, -0.1) is 0 Å². The third-order valence-corrected chi connectivity index (χ3v) is 5.80. The van der Waals surface area contributed by atoms with Crippen molar-refractivity contribution in [3.8, 4) is 11.8 Å². The van der Waals surface area contributed by atoms with Crippen molar-refractivity contribution in [2.24, 2.45) is 0 Å². The molecular formula is C19H21ClN2O3S. The molecule has 0 aliphatic carbocycles. The molecule has 1 aromatic carbocycles. The van der Waals surface area contributed by atoms with Crippen molar-refractivity contribution in [3.63, 3.8) is 0 Å². The first-order valence-electron chi connectivity index (χ1n) is 8.03. The number of hydrogen-bond donors (Lipinski definition) is 1. The zero-order valence-electron chi connectivity index (χ0n) is 14.9. The standard InChI is InChI=1S/C19H21ClN2O3S/c1-5-14(20)10-15(6-2)26(23,24)22-17-11-19(3,4)25-18-8-7-13(12-21)9-16(17)18/h5-10,17,22H,1,11H2,2-4H3/b14-10+,15-6+/t17-/m0/s1. The number of benzene rings is 1. The van der Waals surface area contributed by atoms with Gasteiger partial charge >= 0.3 is 0 Å². The van der Waals surface area contributed by atoms with Crippen molar-refractivity contribution < 1.29 is 13.2 Å². The molecule has 7 heteroatoms. The Balaban J connectivity index is 2.45. The molecule has 0 bridgehead atoms. The van der Waals surface area contributed by atoms with Crippen molar-refractivity contribution in [2.75, 3.05) is 0 Å². The predicted molar refractivity (Wildman–Crippen MR) is 103 cm³/mol. The van der Waals surface area contributed by atoms with Gasteiger partial charge in [0, 0.05) is 17.0 Å². The fourth-order valence-corrected chi connectivity index (χ4v) is 4.29. The average molecular weight is 393 g/mol. The molecule has 0 spiro atoms. The molecule has 5 nitrogen and oxygen atoms in total. The van der Waals surface area contributed by atoms with E-state index < -0.39 is 21.7 Å². The summed E-state index contributed by atoms with van der Waals surface area (Å²) in [6, 6.07) is 6.53. The Morgan fingerprint density at radius 1 is 1.50 bits per heavy atom. The molecule has 1 atom stereocenters. The Morgan fingerprint density at radius 3 is 2.77 bits per heavy atom. The van der Waals surface area contributed by atoms with Gasteiger partial charge in [0.2, 0.25) is 10.0 Å². The van der Waals surface area contributed by atoms with E-state index in [0.717, 1.165) is 0 Å². The summed E-state index contributed by atoms with van der Waals surface area (Å²) in [5, 5.41) is 9.37. The third kappa shape index (κ3) is 4.55. The second-order valence-corrected chi connectivity index (χ2v) is 8.68. The molecule has 0 saturated heterocycles. The number of hydrogen-bond acceptors (Lipinski definition) is 4. The molecule has 0 unspecified atom stereocenters. The van der Waals surface area contributed by atoms with Crippen LogP contribution < -0.4 is 9.46 Å². The van der Waals surface area contributed by atoms with Crippen LogP contribution in [-0.2, 0) is 10.0 Å². The number of allylic oxidation sites excluding steroid dienone is 4. The minimum Gasteiger partial charge on any atom is -0.487 e. The molecule has 1 heterocycles. The second-order valence-electron chi connectivity index (χ2n) is 6.53. The zero-order valence-corrected chi connectivity index (χ0v) is 16.5. The van der Waals surface area contributed by atoms with Gasteiger partial charge in [-0.2, -0.15) is 5.26 Å². The Labute approximate surface area is 159 Å². The van der Waals surface area contributed by atoms with Gasteiger partial charge in [-0.05, 0) is 45.0 Å². The number of nitrogens with one attached hydrogen (secondary N) is 1. The predicted octanol–water partition coefficient (Wildman–Crippen LogP) is 4.29. The summed E-state index contributed by atoms with van der Waals surface area (Å²) in [6.45, 7) is 8.92. The van der Waals surface area contributed by atoms with Gasteiger partial charge in [-0.1, -0.05) is 30.3 Å². The van der Waals surface area contributed by atoms with Crippen LogP contribution in [0.5, 0.6) is 5.75 Å². The van der Waals surface area contributed by atoms with Crippen LogP contribution in [-0.4, -0.2) is 14.0 Å². The van der Waals surface area contributed by atoms with Gasteiger partial charge < -0.3 is 4.74 Å². The van der Waals surface area contributed by atoms with E-state index in [4.69, 9.17) is 21.6 Å². The molecule has 0 aromatic heterocycles. The molecule has 138 valence electrons. The fourth-order valence-electron chi connectivity index (χ4n) is 2.80. The van der Waals surface area contributed by atoms with Gasteiger partial charge in [-0.25, -0.2) is 13.1 Å². The minimum absolute atomic E-state index is 0.0460. The summed E-state index contributed by atoms with van der Waals surface area (Å²) in [6.07, 6.45) is 4.59. The Morgan fingerprint density at radius 2 is 2.19 bits per heavy atom. The first-order chi connectivity index (χ1) is 12.1. The Kier molecular flexibility index (Phi) is 5.97. The van der Waals surface area contributed by atoms with Crippen LogP contribution in [0.1, 0.15) is 44.4 Å². The quantitative estimate of drug-likeness (QED) is 0.758. The van der Waals surface area contributed by atoms with E-state index in [1.165, 1.54) is 18.2 Å². The summed E-state index contributed by atoms with van der Waals surface area (Å²) >= 11 is 5.91. The molecule has 26 heavy (non-hydrogen) atoms. The topological polar surface area (TPSA) is 79.2 Å². The van der Waals surface area contributed by atoms with E-state index in [0.29, 0.717) is 23.3 Å². The lowest BCUT2D eigenvalue weighted by Crippen LogP contribution is -2.41. The number of rotatable bonds is 5. The normalized spacial score (nSPS) is 19.9. The maximum Gasteiger partial charge on any atom is 0.240 e. The van der Waals surface area contributed by atoms with E-state index in [9.17, 15) is 8.42 Å². The number of sulfonamides is 1. The highest BCUT2D eigenvalue weighted by molar-refractivity contribution is 7.93. The van der Waals surface area contributed by atoms with Crippen LogP contribution in [0, 0.1) is 11.3 Å². The molecular weight excluding hydrogens is 372 g/mol. The van der Waals surface area contributed by atoms with Gasteiger partial charge in [-0.3, -0.25) is 0 Å². The Bertz CT molecular complexity index is 925. The lowest BCUT2D eigenvalue weighted by Gasteiger charge is -2.37. The summed E-state index contributed by atoms with van der Waals surface area (Å²) in [7, 11) is -3.83.